The highest BCUT2D eigenvalue weighted by molar-refractivity contribution is 9.09. The number of nitrogens with zero attached hydrogens (tertiary/aromatic N) is 1. The predicted octanol–water partition coefficient (Wildman–Crippen LogP) is 6.22. The van der Waals surface area contributed by atoms with Crippen molar-refractivity contribution in [2.24, 2.45) is 0 Å². The van der Waals surface area contributed by atoms with Crippen molar-refractivity contribution in [1.29, 1.82) is 0 Å². The molecule has 0 bridgehead atoms. The Morgan fingerprint density at radius 2 is 1.24 bits per heavy atom. The Labute approximate surface area is 288 Å². The summed E-state index contributed by atoms with van der Waals surface area (Å²) in [7, 11) is 0. The molecule has 8 nitrogen and oxygen atoms in total. The van der Waals surface area contributed by atoms with E-state index in [0.29, 0.717) is 25.0 Å². The molecule has 4 fully saturated rings. The molecule has 252 valence electrons. The molecule has 4 saturated heterocycles. The molecule has 2 spiro atoms. The van der Waals surface area contributed by atoms with E-state index in [0.717, 1.165) is 118 Å². The van der Waals surface area contributed by atoms with Crippen LogP contribution in [-0.4, -0.2) is 96.8 Å². The van der Waals surface area contributed by atoms with Crippen molar-refractivity contribution in [2.75, 3.05) is 67.7 Å². The molecule has 0 radical (unpaired) electrons. The van der Waals surface area contributed by atoms with Crippen molar-refractivity contribution in [3.63, 3.8) is 0 Å². The number of carbonyl (C=O) groups excluding carboxylic acids is 2. The molecule has 2 unspecified atom stereocenters. The highest BCUT2D eigenvalue weighted by atomic mass is 79.9. The second-order valence-electron chi connectivity index (χ2n) is 13.2. The maximum Gasteiger partial charge on any atom is 0.165 e. The monoisotopic (exact) mass is 714 g/mol. The van der Waals surface area contributed by atoms with Gasteiger partial charge in [0.05, 0.1) is 25.4 Å². The average molecular weight is 716 g/mol. The van der Waals surface area contributed by atoms with Gasteiger partial charge in [0, 0.05) is 71.4 Å². The van der Waals surface area contributed by atoms with Crippen molar-refractivity contribution in [1.82, 2.24) is 10.2 Å². The molecular formula is C36H51BrN4O4S. The molecule has 3 N–H and O–H groups in total. The summed E-state index contributed by atoms with van der Waals surface area (Å²) >= 11 is 7.04. The van der Waals surface area contributed by atoms with Crippen LogP contribution >= 0.6 is 28.6 Å². The summed E-state index contributed by atoms with van der Waals surface area (Å²) in [6, 6.07) is 15.9. The van der Waals surface area contributed by atoms with Gasteiger partial charge in [-0.25, -0.2) is 0 Å². The van der Waals surface area contributed by atoms with Crippen LogP contribution in [-0.2, 0) is 9.47 Å². The van der Waals surface area contributed by atoms with E-state index in [4.69, 9.17) is 9.47 Å². The van der Waals surface area contributed by atoms with Crippen LogP contribution in [0.2, 0.25) is 0 Å². The summed E-state index contributed by atoms with van der Waals surface area (Å²) in [5, 5.41) is 11.8. The third-order valence-corrected chi connectivity index (χ3v) is 10.5. The number of halogens is 1. The first-order valence-electron chi connectivity index (χ1n) is 17.0. The Balaban J connectivity index is 0.000000149. The van der Waals surface area contributed by atoms with Crippen molar-refractivity contribution in [3.05, 3.63) is 59.7 Å². The summed E-state index contributed by atoms with van der Waals surface area (Å²) in [6.07, 6.45) is 8.71. The normalized spacial score (nSPS) is 25.2. The SMILES string of the molecule is BrCC1CO1.CCS.O=C1CCC2(CCN(CC3CO3)CC2)Nc2ccccc21.O=C1CCC2(CCNCC2)Nc2ccccc21. The van der Waals surface area contributed by atoms with Crippen LogP contribution in [0, 0.1) is 0 Å². The Morgan fingerprint density at radius 1 is 0.783 bits per heavy atom. The van der Waals surface area contributed by atoms with E-state index < -0.39 is 0 Å². The number of fused-ring (bicyclic) bond motifs is 2. The summed E-state index contributed by atoms with van der Waals surface area (Å²) in [5.41, 5.74) is 4.01. The number of thiol groups is 1. The number of hydrogen-bond donors (Lipinski definition) is 4. The Kier molecular flexibility index (Phi) is 13.0. The van der Waals surface area contributed by atoms with E-state index in [1.807, 2.05) is 55.5 Å². The molecule has 0 saturated carbocycles. The molecule has 2 atom stereocenters. The van der Waals surface area contributed by atoms with E-state index in [-0.39, 0.29) is 22.6 Å². The number of Topliss-reactive ketones (excluding diaryl/α,β-unsaturated/α-hetero) is 2. The van der Waals surface area contributed by atoms with Gasteiger partial charge in [-0.05, 0) is 81.6 Å². The first-order valence-corrected chi connectivity index (χ1v) is 18.8. The fraction of sp³-hybridized carbons (Fsp3) is 0.611. The zero-order valence-corrected chi connectivity index (χ0v) is 29.7. The molecular weight excluding hydrogens is 664 g/mol. The number of nitrogens with one attached hydrogen (secondary N) is 3. The highest BCUT2D eigenvalue weighted by Gasteiger charge is 2.39. The zero-order valence-electron chi connectivity index (χ0n) is 27.2. The summed E-state index contributed by atoms with van der Waals surface area (Å²) < 4.78 is 10.1. The molecule has 10 heteroatoms. The number of ketones is 2. The van der Waals surface area contributed by atoms with Crippen LogP contribution in [0.25, 0.3) is 0 Å². The summed E-state index contributed by atoms with van der Waals surface area (Å²) in [4.78, 5) is 26.9. The molecule has 8 rings (SSSR count). The van der Waals surface area contributed by atoms with Crippen molar-refractivity contribution in [3.8, 4) is 0 Å². The molecule has 6 heterocycles. The molecule has 0 aliphatic carbocycles. The lowest BCUT2D eigenvalue weighted by atomic mass is 9.83. The molecule has 6 aliphatic heterocycles. The predicted molar refractivity (Wildman–Crippen MR) is 193 cm³/mol. The largest absolute Gasteiger partial charge is 0.379 e. The number of epoxide rings is 2. The van der Waals surface area contributed by atoms with E-state index in [1.54, 1.807) is 0 Å². The average Bonchev–Trinajstić information content (AvgIpc) is 4.00. The van der Waals surface area contributed by atoms with Crippen molar-refractivity contribution < 1.29 is 19.1 Å². The third-order valence-electron chi connectivity index (χ3n) is 9.73. The van der Waals surface area contributed by atoms with Gasteiger partial charge < -0.3 is 30.3 Å². The number of alkyl halides is 1. The van der Waals surface area contributed by atoms with Crippen LogP contribution in [0.3, 0.4) is 0 Å². The number of benzene rings is 2. The Hall–Kier alpha value is -1.95. The minimum absolute atomic E-state index is 0.100. The third kappa shape index (κ3) is 10.0. The maximum absolute atomic E-state index is 12.3. The zero-order chi connectivity index (χ0) is 32.4. The van der Waals surface area contributed by atoms with Crippen LogP contribution in [0.1, 0.15) is 79.0 Å². The van der Waals surface area contributed by atoms with Gasteiger partial charge in [0.1, 0.15) is 0 Å². The number of rotatable bonds is 3. The van der Waals surface area contributed by atoms with Gasteiger partial charge in [0.2, 0.25) is 0 Å². The quantitative estimate of drug-likeness (QED) is 0.169. The highest BCUT2D eigenvalue weighted by Crippen LogP contribution is 2.37. The minimum Gasteiger partial charge on any atom is -0.379 e. The van der Waals surface area contributed by atoms with E-state index in [1.165, 1.54) is 0 Å². The molecule has 2 aromatic carbocycles. The maximum atomic E-state index is 12.3. The number of carbonyl (C=O) groups is 2. The minimum atomic E-state index is 0.100. The lowest BCUT2D eigenvalue weighted by Gasteiger charge is -2.42. The van der Waals surface area contributed by atoms with Gasteiger partial charge in [-0.2, -0.15) is 12.6 Å². The first-order chi connectivity index (χ1) is 22.4. The van der Waals surface area contributed by atoms with Crippen LogP contribution in [0.5, 0.6) is 0 Å². The number of anilines is 2. The van der Waals surface area contributed by atoms with Gasteiger partial charge in [-0.1, -0.05) is 47.1 Å². The van der Waals surface area contributed by atoms with Gasteiger partial charge in [0.25, 0.3) is 0 Å². The lowest BCUT2D eigenvalue weighted by Crippen LogP contribution is -2.49. The van der Waals surface area contributed by atoms with Crippen LogP contribution < -0.4 is 16.0 Å². The molecule has 2 aromatic rings. The number of ether oxygens (including phenoxy) is 2. The molecule has 0 aromatic heterocycles. The first kappa shape index (κ1) is 35.4. The second kappa shape index (κ2) is 16.9. The van der Waals surface area contributed by atoms with Gasteiger partial charge in [0.15, 0.2) is 11.6 Å². The fourth-order valence-corrected chi connectivity index (χ4v) is 7.15. The van der Waals surface area contributed by atoms with Gasteiger partial charge in [-0.15, -0.1) is 0 Å². The molecule has 6 aliphatic rings. The smallest absolute Gasteiger partial charge is 0.165 e. The fourth-order valence-electron chi connectivity index (χ4n) is 6.78. The summed E-state index contributed by atoms with van der Waals surface area (Å²) in [6.45, 7) is 9.25. The molecule has 46 heavy (non-hydrogen) atoms. The topological polar surface area (TPSA) is 98.5 Å². The van der Waals surface area contributed by atoms with Gasteiger partial charge in [-0.3, -0.25) is 9.59 Å². The van der Waals surface area contributed by atoms with Crippen molar-refractivity contribution in [2.45, 2.75) is 81.6 Å². The van der Waals surface area contributed by atoms with Gasteiger partial charge >= 0.3 is 0 Å². The molecule has 0 amide bonds. The lowest BCUT2D eigenvalue weighted by molar-refractivity contribution is 0.0960. The van der Waals surface area contributed by atoms with E-state index in [9.17, 15) is 9.59 Å². The Morgan fingerprint density at radius 3 is 1.67 bits per heavy atom. The number of hydrogen-bond acceptors (Lipinski definition) is 9. The van der Waals surface area contributed by atoms with Crippen LogP contribution in [0.15, 0.2) is 48.5 Å². The van der Waals surface area contributed by atoms with E-state index >= 15 is 0 Å². The second-order valence-corrected chi connectivity index (χ2v) is 14.5. The van der Waals surface area contributed by atoms with Crippen molar-refractivity contribution >= 4 is 51.5 Å². The number of likely N-dealkylation sites (tertiary alicyclic amines) is 1. The standard InChI is InChI=1S/C17H22N2O2.C14H18N2O.C3H5BrO.C2H6S/c20-16-5-6-17(18-15-4-2-1-3-14(15)16)7-9-19(10-8-17)11-13-12-21-13;17-13-5-6-14(7-9-15-10-8-14)16-12-4-2-1-3-11(12)13;4-1-3-2-5-3;1-2-3/h1-4,13,18H,5-12H2;1-4,15-16H,5-10H2;3H,1-2H2;3H,2H2,1H3. The number of piperidine rings is 2. The van der Waals surface area contributed by atoms with Crippen LogP contribution in [0.4, 0.5) is 11.4 Å². The van der Waals surface area contributed by atoms with E-state index in [2.05, 4.69) is 49.4 Å². The number of para-hydroxylation sites is 2. The Bertz CT molecular complexity index is 1290. The summed E-state index contributed by atoms with van der Waals surface area (Å²) in [5.74, 6) is 1.51.